The topological polar surface area (TPSA) is 20.7 Å². The van der Waals surface area contributed by atoms with Crippen molar-refractivity contribution in [1.82, 2.24) is 9.55 Å². The van der Waals surface area contributed by atoms with Crippen molar-refractivity contribution in [2.75, 3.05) is 0 Å². The van der Waals surface area contributed by atoms with Gasteiger partial charge in [-0.3, -0.25) is 0 Å². The van der Waals surface area contributed by atoms with Crippen molar-refractivity contribution in [3.63, 3.8) is 0 Å². The second-order valence-corrected chi connectivity index (χ2v) is 5.91. The average Bonchev–Trinajstić information content (AvgIpc) is 3.19. The molecular weight excluding hydrogens is 256 g/mol. The molecule has 2 aromatic heterocycles. The molecule has 1 atom stereocenters. The van der Waals surface area contributed by atoms with Crippen molar-refractivity contribution >= 4 is 21.8 Å². The van der Waals surface area contributed by atoms with E-state index in [2.05, 4.69) is 70.3 Å². The van der Waals surface area contributed by atoms with Gasteiger partial charge in [-0.05, 0) is 35.6 Å². The van der Waals surface area contributed by atoms with Crippen molar-refractivity contribution in [3.8, 4) is 0 Å². The lowest BCUT2D eigenvalue weighted by atomic mass is 9.94. The molecule has 3 heterocycles. The van der Waals surface area contributed by atoms with E-state index in [1.807, 2.05) is 0 Å². The Morgan fingerprint density at radius 2 is 1.86 bits per heavy atom. The molecule has 0 amide bonds. The first kappa shape index (κ1) is 11.2. The first-order valence-electron chi connectivity index (χ1n) is 7.56. The fraction of sp³-hybridized carbons (Fsp3) is 0.158. The number of aryl methyl sites for hydroxylation is 1. The van der Waals surface area contributed by atoms with E-state index >= 15 is 0 Å². The number of nitrogens with zero attached hydrogens (tertiary/aromatic N) is 1. The van der Waals surface area contributed by atoms with Gasteiger partial charge in [0.25, 0.3) is 0 Å². The van der Waals surface area contributed by atoms with Crippen LogP contribution in [0.1, 0.15) is 23.6 Å². The molecular formula is C19H16N2. The highest BCUT2D eigenvalue weighted by Gasteiger charge is 2.27. The zero-order chi connectivity index (χ0) is 13.8. The molecule has 2 heteroatoms. The summed E-state index contributed by atoms with van der Waals surface area (Å²) in [6.45, 7) is 1.12. The zero-order valence-corrected chi connectivity index (χ0v) is 11.7. The molecule has 0 saturated carbocycles. The molecule has 1 N–H and O–H groups in total. The first-order chi connectivity index (χ1) is 10.4. The van der Waals surface area contributed by atoms with Gasteiger partial charge in [0.1, 0.15) is 0 Å². The first-order valence-corrected chi connectivity index (χ1v) is 7.56. The van der Waals surface area contributed by atoms with Gasteiger partial charge in [0, 0.05) is 40.8 Å². The minimum absolute atomic E-state index is 0.508. The van der Waals surface area contributed by atoms with Crippen LogP contribution in [0.4, 0.5) is 0 Å². The van der Waals surface area contributed by atoms with Gasteiger partial charge in [0.05, 0.1) is 0 Å². The third-order valence-corrected chi connectivity index (χ3v) is 4.84. The van der Waals surface area contributed by atoms with E-state index < -0.39 is 0 Å². The van der Waals surface area contributed by atoms with Crippen LogP contribution in [0.25, 0.3) is 21.8 Å². The minimum Gasteiger partial charge on any atom is -0.361 e. The maximum absolute atomic E-state index is 3.42. The van der Waals surface area contributed by atoms with Crippen molar-refractivity contribution < 1.29 is 0 Å². The van der Waals surface area contributed by atoms with E-state index in [-0.39, 0.29) is 0 Å². The molecule has 5 rings (SSSR count). The summed E-state index contributed by atoms with van der Waals surface area (Å²) in [6, 6.07) is 19.7. The van der Waals surface area contributed by atoms with Gasteiger partial charge in [-0.15, -0.1) is 0 Å². The Morgan fingerprint density at radius 3 is 2.86 bits per heavy atom. The molecule has 1 aliphatic heterocycles. The van der Waals surface area contributed by atoms with E-state index in [0.717, 1.165) is 6.54 Å². The molecule has 2 nitrogen and oxygen atoms in total. The molecule has 0 spiro atoms. The zero-order valence-electron chi connectivity index (χ0n) is 11.7. The predicted molar refractivity (Wildman–Crippen MR) is 86.7 cm³/mol. The van der Waals surface area contributed by atoms with Gasteiger partial charge in [-0.1, -0.05) is 36.4 Å². The quantitative estimate of drug-likeness (QED) is 0.520. The number of hydrogen-bond acceptors (Lipinski definition) is 0. The second-order valence-electron chi connectivity index (χ2n) is 5.91. The summed E-state index contributed by atoms with van der Waals surface area (Å²) < 4.78 is 2.49. The maximum Gasteiger partial charge on any atom is 0.0482 e. The monoisotopic (exact) mass is 272 g/mol. The van der Waals surface area contributed by atoms with Crippen molar-refractivity contribution in [1.29, 1.82) is 0 Å². The Morgan fingerprint density at radius 1 is 1.00 bits per heavy atom. The van der Waals surface area contributed by atoms with Crippen LogP contribution in [-0.4, -0.2) is 9.55 Å². The van der Waals surface area contributed by atoms with Gasteiger partial charge >= 0.3 is 0 Å². The Hall–Kier alpha value is -2.48. The lowest BCUT2D eigenvalue weighted by molar-refractivity contribution is 0.738. The number of fused-ring (bicyclic) bond motifs is 4. The van der Waals surface area contributed by atoms with Crippen LogP contribution < -0.4 is 0 Å². The standard InChI is InChI=1S/C19H16N2/c1-4-8-18-13(5-1)11-19-15(9-10-21(18)19)16-12-20-17-7-3-2-6-14(16)17/h1-8,11-12,15,20H,9-10H2. The lowest BCUT2D eigenvalue weighted by Gasteiger charge is -2.08. The van der Waals surface area contributed by atoms with E-state index in [1.54, 1.807) is 0 Å². The summed E-state index contributed by atoms with van der Waals surface area (Å²) in [5.74, 6) is 0.508. The largest absolute Gasteiger partial charge is 0.361 e. The van der Waals surface area contributed by atoms with Gasteiger partial charge in [-0.25, -0.2) is 0 Å². The smallest absolute Gasteiger partial charge is 0.0482 e. The van der Waals surface area contributed by atoms with Crippen LogP contribution in [0.15, 0.2) is 60.8 Å². The van der Waals surface area contributed by atoms with Gasteiger partial charge in [-0.2, -0.15) is 0 Å². The fourth-order valence-electron chi connectivity index (χ4n) is 3.87. The predicted octanol–water partition coefficient (Wildman–Crippen LogP) is 4.66. The number of para-hydroxylation sites is 2. The van der Waals surface area contributed by atoms with Crippen LogP contribution in [-0.2, 0) is 6.54 Å². The number of rotatable bonds is 1. The Labute approximate surface area is 123 Å². The molecule has 102 valence electrons. The van der Waals surface area contributed by atoms with Crippen LogP contribution in [0.2, 0.25) is 0 Å². The Kier molecular flexibility index (Phi) is 2.14. The third-order valence-electron chi connectivity index (χ3n) is 4.84. The average molecular weight is 272 g/mol. The number of H-pyrrole nitrogens is 1. The van der Waals surface area contributed by atoms with Crippen LogP contribution in [0.3, 0.4) is 0 Å². The SMILES string of the molecule is c1ccc2c(c1)cc1n2CCC1c1c[nH]c2ccccc12. The summed E-state index contributed by atoms with van der Waals surface area (Å²) >= 11 is 0. The summed E-state index contributed by atoms with van der Waals surface area (Å²) in [6.07, 6.45) is 3.39. The van der Waals surface area contributed by atoms with E-state index in [4.69, 9.17) is 0 Å². The molecule has 2 aromatic carbocycles. The van der Waals surface area contributed by atoms with E-state index in [9.17, 15) is 0 Å². The normalized spacial score (nSPS) is 17.6. The van der Waals surface area contributed by atoms with E-state index in [1.165, 1.54) is 39.5 Å². The number of benzene rings is 2. The summed E-state index contributed by atoms with van der Waals surface area (Å²) in [7, 11) is 0. The van der Waals surface area contributed by atoms with Gasteiger partial charge in [0.15, 0.2) is 0 Å². The molecule has 1 aliphatic rings. The Bertz CT molecular complexity index is 958. The lowest BCUT2D eigenvalue weighted by Crippen LogP contribution is -1.94. The molecule has 0 radical (unpaired) electrons. The van der Waals surface area contributed by atoms with Crippen LogP contribution >= 0.6 is 0 Å². The highest BCUT2D eigenvalue weighted by atomic mass is 15.0. The molecule has 0 aliphatic carbocycles. The van der Waals surface area contributed by atoms with E-state index in [0.29, 0.717) is 5.92 Å². The number of aromatic amines is 1. The summed E-state index contributed by atoms with van der Waals surface area (Å²) in [4.78, 5) is 3.42. The van der Waals surface area contributed by atoms with Crippen molar-refractivity contribution in [3.05, 3.63) is 72.1 Å². The highest BCUT2D eigenvalue weighted by Crippen LogP contribution is 2.40. The molecule has 0 fully saturated rings. The van der Waals surface area contributed by atoms with Crippen molar-refractivity contribution in [2.24, 2.45) is 0 Å². The molecule has 4 aromatic rings. The molecule has 21 heavy (non-hydrogen) atoms. The summed E-state index contributed by atoms with van der Waals surface area (Å²) in [5, 5.41) is 2.72. The Balaban J connectivity index is 1.74. The third kappa shape index (κ3) is 1.47. The molecule has 1 unspecified atom stereocenters. The highest BCUT2D eigenvalue weighted by molar-refractivity contribution is 5.86. The number of aromatic nitrogens is 2. The maximum atomic E-state index is 3.42. The molecule has 0 saturated heterocycles. The summed E-state index contributed by atoms with van der Waals surface area (Å²) in [5.41, 5.74) is 5.50. The number of nitrogens with one attached hydrogen (secondary N) is 1. The van der Waals surface area contributed by atoms with Gasteiger partial charge in [0.2, 0.25) is 0 Å². The second kappa shape index (κ2) is 4.01. The van der Waals surface area contributed by atoms with Crippen LogP contribution in [0.5, 0.6) is 0 Å². The fourth-order valence-corrected chi connectivity index (χ4v) is 3.87. The van der Waals surface area contributed by atoms with Gasteiger partial charge < -0.3 is 9.55 Å². The molecule has 0 bridgehead atoms. The number of hydrogen-bond donors (Lipinski definition) is 1. The van der Waals surface area contributed by atoms with Crippen LogP contribution in [0, 0.1) is 0 Å². The van der Waals surface area contributed by atoms with Crippen molar-refractivity contribution in [2.45, 2.75) is 18.9 Å². The minimum atomic E-state index is 0.508.